The van der Waals surface area contributed by atoms with Crippen molar-refractivity contribution in [2.75, 3.05) is 24.7 Å². The van der Waals surface area contributed by atoms with Crippen LogP contribution >= 0.6 is 0 Å². The Hall–Kier alpha value is -2.46. The number of aliphatic imine (C=N–C) groups is 1. The SMILES string of the molecule is CC[NH+](CC)CN1C(=O)C(=Nc2ccc(C)cc2)c2ccccc21. The monoisotopic (exact) mass is 322 g/mol. The minimum absolute atomic E-state index is 0.00354. The van der Waals surface area contributed by atoms with Crippen LogP contribution in [0.15, 0.2) is 53.5 Å². The highest BCUT2D eigenvalue weighted by molar-refractivity contribution is 6.54. The number of fused-ring (bicyclic) bond motifs is 1. The van der Waals surface area contributed by atoms with Crippen LogP contribution in [0.25, 0.3) is 0 Å². The quantitative estimate of drug-likeness (QED) is 0.901. The largest absolute Gasteiger partial charge is 0.318 e. The van der Waals surface area contributed by atoms with Gasteiger partial charge in [-0.25, -0.2) is 4.99 Å². The second-order valence-electron chi connectivity index (χ2n) is 6.16. The van der Waals surface area contributed by atoms with Gasteiger partial charge in [-0.2, -0.15) is 0 Å². The van der Waals surface area contributed by atoms with Crippen molar-refractivity contribution in [3.8, 4) is 0 Å². The van der Waals surface area contributed by atoms with Crippen LogP contribution in [0.2, 0.25) is 0 Å². The summed E-state index contributed by atoms with van der Waals surface area (Å²) >= 11 is 0. The summed E-state index contributed by atoms with van der Waals surface area (Å²) in [4.78, 5) is 20.9. The lowest BCUT2D eigenvalue weighted by atomic mass is 10.1. The van der Waals surface area contributed by atoms with Crippen molar-refractivity contribution < 1.29 is 9.69 Å². The number of nitrogens with one attached hydrogen (secondary N) is 1. The van der Waals surface area contributed by atoms with E-state index in [1.54, 1.807) is 0 Å². The maximum Gasteiger partial charge on any atom is 0.281 e. The molecule has 0 radical (unpaired) electrons. The summed E-state index contributed by atoms with van der Waals surface area (Å²) < 4.78 is 0. The molecule has 0 saturated carbocycles. The van der Waals surface area contributed by atoms with Gasteiger partial charge in [0.15, 0.2) is 6.67 Å². The summed E-state index contributed by atoms with van der Waals surface area (Å²) in [5, 5.41) is 0. The normalized spacial score (nSPS) is 15.4. The standard InChI is InChI=1S/C20H23N3O/c1-4-22(5-2)14-23-18-9-7-6-8-17(18)19(20(23)24)21-16-12-10-15(3)11-13-16/h6-13H,4-5,14H2,1-3H3/p+1. The number of amides is 1. The molecule has 124 valence electrons. The molecule has 0 aromatic heterocycles. The van der Waals surface area contributed by atoms with E-state index in [0.29, 0.717) is 12.4 Å². The molecule has 4 heteroatoms. The van der Waals surface area contributed by atoms with Crippen LogP contribution in [0, 0.1) is 6.92 Å². The molecule has 0 unspecified atom stereocenters. The van der Waals surface area contributed by atoms with E-state index >= 15 is 0 Å². The molecule has 2 aromatic carbocycles. The molecule has 0 spiro atoms. The number of hydrogen-bond donors (Lipinski definition) is 1. The van der Waals surface area contributed by atoms with Crippen LogP contribution < -0.4 is 9.80 Å². The molecule has 4 nitrogen and oxygen atoms in total. The molecule has 1 heterocycles. The Morgan fingerprint density at radius 3 is 2.33 bits per heavy atom. The van der Waals surface area contributed by atoms with Gasteiger partial charge in [0.2, 0.25) is 0 Å². The number of quaternary nitrogens is 1. The fourth-order valence-electron chi connectivity index (χ4n) is 2.97. The minimum atomic E-state index is -0.00354. The summed E-state index contributed by atoms with van der Waals surface area (Å²) in [5.74, 6) is -0.00354. The van der Waals surface area contributed by atoms with Crippen LogP contribution in [-0.4, -0.2) is 31.4 Å². The van der Waals surface area contributed by atoms with Crippen LogP contribution in [0.3, 0.4) is 0 Å². The van der Waals surface area contributed by atoms with E-state index < -0.39 is 0 Å². The third-order valence-corrected chi connectivity index (χ3v) is 4.55. The van der Waals surface area contributed by atoms with Crippen molar-refractivity contribution in [3.63, 3.8) is 0 Å². The van der Waals surface area contributed by atoms with Gasteiger partial charge in [-0.3, -0.25) is 9.69 Å². The maximum absolute atomic E-state index is 13.0. The number of carbonyl (C=O) groups excluding carboxylic acids is 1. The van der Waals surface area contributed by atoms with Gasteiger partial charge in [0.05, 0.1) is 24.5 Å². The summed E-state index contributed by atoms with van der Waals surface area (Å²) in [7, 11) is 0. The lowest BCUT2D eigenvalue weighted by molar-refractivity contribution is -0.895. The van der Waals surface area contributed by atoms with Gasteiger partial charge < -0.3 is 4.90 Å². The molecular formula is C20H24N3O+. The van der Waals surface area contributed by atoms with Crippen molar-refractivity contribution in [3.05, 3.63) is 59.7 Å². The zero-order valence-electron chi connectivity index (χ0n) is 14.5. The topological polar surface area (TPSA) is 37.1 Å². The second kappa shape index (κ2) is 6.97. The van der Waals surface area contributed by atoms with Gasteiger partial charge in [0, 0.05) is 5.56 Å². The first-order valence-electron chi connectivity index (χ1n) is 8.54. The second-order valence-corrected chi connectivity index (χ2v) is 6.16. The van der Waals surface area contributed by atoms with Crippen molar-refractivity contribution >= 4 is 23.0 Å². The number of benzene rings is 2. The molecule has 1 amide bonds. The minimum Gasteiger partial charge on any atom is -0.318 e. The molecule has 24 heavy (non-hydrogen) atoms. The van der Waals surface area contributed by atoms with Gasteiger partial charge in [-0.05, 0) is 39.0 Å². The first-order chi connectivity index (χ1) is 11.6. The first kappa shape index (κ1) is 16.4. The average Bonchev–Trinajstić information content (AvgIpc) is 2.87. The zero-order chi connectivity index (χ0) is 17.1. The molecule has 0 atom stereocenters. The lowest BCUT2D eigenvalue weighted by Crippen LogP contribution is -3.13. The van der Waals surface area contributed by atoms with Crippen molar-refractivity contribution in [1.82, 2.24) is 0 Å². The Balaban J connectivity index is 1.99. The highest BCUT2D eigenvalue weighted by Gasteiger charge is 2.35. The fourth-order valence-corrected chi connectivity index (χ4v) is 2.97. The van der Waals surface area contributed by atoms with E-state index in [1.165, 1.54) is 10.5 Å². The molecule has 0 fully saturated rings. The predicted molar refractivity (Wildman–Crippen MR) is 98.2 cm³/mol. The highest BCUT2D eigenvalue weighted by Crippen LogP contribution is 2.30. The molecule has 0 saturated heterocycles. The fraction of sp³-hybridized carbons (Fsp3) is 0.300. The van der Waals surface area contributed by atoms with E-state index in [2.05, 4.69) is 18.8 Å². The number of aryl methyl sites for hydroxylation is 1. The van der Waals surface area contributed by atoms with E-state index in [4.69, 9.17) is 0 Å². The van der Waals surface area contributed by atoms with Gasteiger partial charge in [0.25, 0.3) is 5.91 Å². The summed E-state index contributed by atoms with van der Waals surface area (Å²) in [6.07, 6.45) is 0. The van der Waals surface area contributed by atoms with Crippen LogP contribution in [0.1, 0.15) is 25.0 Å². The van der Waals surface area contributed by atoms with E-state index in [1.807, 2.05) is 60.4 Å². The van der Waals surface area contributed by atoms with Gasteiger partial charge in [0.1, 0.15) is 5.71 Å². The Kier molecular flexibility index (Phi) is 4.76. The van der Waals surface area contributed by atoms with Crippen molar-refractivity contribution in [2.45, 2.75) is 20.8 Å². The van der Waals surface area contributed by atoms with Crippen molar-refractivity contribution in [1.29, 1.82) is 0 Å². The van der Waals surface area contributed by atoms with Crippen LogP contribution in [-0.2, 0) is 4.79 Å². The number of nitrogens with zero attached hydrogens (tertiary/aromatic N) is 2. The van der Waals surface area contributed by atoms with Gasteiger partial charge >= 0.3 is 0 Å². The number of hydrogen-bond acceptors (Lipinski definition) is 2. The summed E-state index contributed by atoms with van der Waals surface area (Å²) in [5.41, 5.74) is 4.43. The molecule has 1 aliphatic rings. The number of rotatable bonds is 5. The number of anilines is 1. The Morgan fingerprint density at radius 2 is 1.67 bits per heavy atom. The van der Waals surface area contributed by atoms with Crippen LogP contribution in [0.5, 0.6) is 0 Å². The molecule has 2 aromatic rings. The van der Waals surface area contributed by atoms with Gasteiger partial charge in [-0.15, -0.1) is 0 Å². The van der Waals surface area contributed by atoms with Gasteiger partial charge in [-0.1, -0.05) is 35.9 Å². The van der Waals surface area contributed by atoms with E-state index in [-0.39, 0.29) is 5.91 Å². The van der Waals surface area contributed by atoms with Crippen LogP contribution in [0.4, 0.5) is 11.4 Å². The number of carbonyl (C=O) groups is 1. The number of para-hydroxylation sites is 1. The lowest BCUT2D eigenvalue weighted by Gasteiger charge is -2.23. The summed E-state index contributed by atoms with van der Waals surface area (Å²) in [6.45, 7) is 9.00. The molecule has 3 rings (SSSR count). The van der Waals surface area contributed by atoms with E-state index in [9.17, 15) is 4.79 Å². The Bertz CT molecular complexity index is 761. The summed E-state index contributed by atoms with van der Waals surface area (Å²) in [6, 6.07) is 15.9. The predicted octanol–water partition coefficient (Wildman–Crippen LogP) is 2.34. The Labute approximate surface area is 143 Å². The highest BCUT2D eigenvalue weighted by atomic mass is 16.2. The first-order valence-corrected chi connectivity index (χ1v) is 8.54. The zero-order valence-corrected chi connectivity index (χ0v) is 14.5. The smallest absolute Gasteiger partial charge is 0.281 e. The Morgan fingerprint density at radius 1 is 1.00 bits per heavy atom. The molecule has 0 bridgehead atoms. The average molecular weight is 322 g/mol. The third kappa shape index (κ3) is 3.10. The maximum atomic E-state index is 13.0. The molecule has 1 N–H and O–H groups in total. The molecule has 0 aliphatic carbocycles. The van der Waals surface area contributed by atoms with Crippen molar-refractivity contribution in [2.24, 2.45) is 4.99 Å². The van der Waals surface area contributed by atoms with E-state index in [0.717, 1.165) is 30.0 Å². The molecule has 1 aliphatic heterocycles. The third-order valence-electron chi connectivity index (χ3n) is 4.55. The molecular weight excluding hydrogens is 298 g/mol.